The van der Waals surface area contributed by atoms with Crippen molar-refractivity contribution in [3.05, 3.63) is 71.3 Å². The van der Waals surface area contributed by atoms with E-state index in [1.807, 2.05) is 61.5 Å². The van der Waals surface area contributed by atoms with E-state index in [0.717, 1.165) is 17.0 Å². The summed E-state index contributed by atoms with van der Waals surface area (Å²) >= 11 is 0. The van der Waals surface area contributed by atoms with Crippen molar-refractivity contribution in [2.24, 2.45) is 7.05 Å². The number of methoxy groups -OCH3 is 1. The number of carbonyl (C=O) groups excluding carboxylic acids is 1. The van der Waals surface area contributed by atoms with Gasteiger partial charge in [-0.1, -0.05) is 18.2 Å². The van der Waals surface area contributed by atoms with Gasteiger partial charge in [0.2, 0.25) is 5.91 Å². The minimum Gasteiger partial charge on any atom is -0.497 e. The zero-order chi connectivity index (χ0) is 22.0. The number of aromatic nitrogens is 4. The Kier molecular flexibility index (Phi) is 5.53. The van der Waals surface area contributed by atoms with Gasteiger partial charge in [-0.15, -0.1) is 0 Å². The van der Waals surface area contributed by atoms with E-state index in [0.29, 0.717) is 23.5 Å². The lowest BCUT2D eigenvalue weighted by atomic mass is 10.2. The second-order valence-corrected chi connectivity index (χ2v) is 7.03. The first-order chi connectivity index (χ1) is 15.0. The molecule has 158 valence electrons. The van der Waals surface area contributed by atoms with Crippen LogP contribution in [-0.4, -0.2) is 38.7 Å². The van der Waals surface area contributed by atoms with Crippen LogP contribution in [0.2, 0.25) is 0 Å². The second kappa shape index (κ2) is 8.43. The number of hydrogen-bond donors (Lipinski definition) is 0. The van der Waals surface area contributed by atoms with E-state index < -0.39 is 0 Å². The van der Waals surface area contributed by atoms with E-state index >= 15 is 0 Å². The molecule has 31 heavy (non-hydrogen) atoms. The average molecular weight is 417 g/mol. The first-order valence-electron chi connectivity index (χ1n) is 9.95. The van der Waals surface area contributed by atoms with Crippen molar-refractivity contribution < 1.29 is 9.53 Å². The Morgan fingerprint density at radius 3 is 2.45 bits per heavy atom. The van der Waals surface area contributed by atoms with Crippen LogP contribution in [0.1, 0.15) is 6.92 Å². The molecule has 0 aliphatic heterocycles. The van der Waals surface area contributed by atoms with E-state index in [-0.39, 0.29) is 18.1 Å². The molecule has 2 aromatic heterocycles. The SMILES string of the molecule is CCN(C(=O)Cn1c(=O)n(C)c2nc(-c3ccc(OC)cc3)ncc21)c1ccccc1. The first-order valence-corrected chi connectivity index (χ1v) is 9.95. The molecule has 1 amide bonds. The predicted octanol–water partition coefficient (Wildman–Crippen LogP) is 2.86. The Morgan fingerprint density at radius 2 is 1.81 bits per heavy atom. The van der Waals surface area contributed by atoms with Crippen molar-refractivity contribution >= 4 is 22.8 Å². The van der Waals surface area contributed by atoms with Crippen LogP contribution in [0.3, 0.4) is 0 Å². The Labute approximate surface area is 179 Å². The number of carbonyl (C=O) groups is 1. The molecule has 0 radical (unpaired) electrons. The number of nitrogens with zero attached hydrogens (tertiary/aromatic N) is 5. The molecule has 0 aliphatic carbocycles. The van der Waals surface area contributed by atoms with Crippen LogP contribution in [0.15, 0.2) is 65.6 Å². The van der Waals surface area contributed by atoms with Crippen LogP contribution < -0.4 is 15.3 Å². The average Bonchev–Trinajstić information content (AvgIpc) is 3.04. The zero-order valence-electron chi connectivity index (χ0n) is 17.6. The summed E-state index contributed by atoms with van der Waals surface area (Å²) in [7, 11) is 3.25. The molecule has 4 aromatic rings. The van der Waals surface area contributed by atoms with Gasteiger partial charge in [0.15, 0.2) is 11.5 Å². The summed E-state index contributed by atoms with van der Waals surface area (Å²) in [5.74, 6) is 1.05. The highest BCUT2D eigenvalue weighted by molar-refractivity contribution is 5.93. The van der Waals surface area contributed by atoms with Gasteiger partial charge in [0.1, 0.15) is 17.8 Å². The van der Waals surface area contributed by atoms with Crippen molar-refractivity contribution in [1.29, 1.82) is 0 Å². The Morgan fingerprint density at radius 1 is 1.10 bits per heavy atom. The third-order valence-corrected chi connectivity index (χ3v) is 5.20. The van der Waals surface area contributed by atoms with Gasteiger partial charge in [-0.05, 0) is 43.3 Å². The number of fused-ring (bicyclic) bond motifs is 1. The number of para-hydroxylation sites is 1. The first kappa shape index (κ1) is 20.3. The van der Waals surface area contributed by atoms with Gasteiger partial charge < -0.3 is 9.64 Å². The molecular formula is C23H23N5O3. The molecule has 0 aliphatic rings. The van der Waals surface area contributed by atoms with Crippen LogP contribution in [0.4, 0.5) is 5.69 Å². The van der Waals surface area contributed by atoms with Gasteiger partial charge in [0.25, 0.3) is 0 Å². The fourth-order valence-corrected chi connectivity index (χ4v) is 3.54. The molecule has 2 heterocycles. The predicted molar refractivity (Wildman–Crippen MR) is 119 cm³/mol. The molecule has 0 fully saturated rings. The highest BCUT2D eigenvalue weighted by Gasteiger charge is 2.20. The van der Waals surface area contributed by atoms with E-state index in [1.165, 1.54) is 9.13 Å². The number of hydrogen-bond acceptors (Lipinski definition) is 5. The standard InChI is InChI=1S/C23H23N5O3/c1-4-27(17-8-6-5-7-9-17)20(29)15-28-19-14-24-21(25-22(19)26(2)23(28)30)16-10-12-18(31-3)13-11-16/h5-14H,4,15H2,1-3H3. The number of rotatable bonds is 6. The molecule has 0 N–H and O–H groups in total. The Hall–Kier alpha value is -3.94. The van der Waals surface area contributed by atoms with E-state index in [2.05, 4.69) is 9.97 Å². The van der Waals surface area contributed by atoms with Gasteiger partial charge in [0.05, 0.1) is 13.3 Å². The van der Waals surface area contributed by atoms with E-state index in [9.17, 15) is 9.59 Å². The van der Waals surface area contributed by atoms with Gasteiger partial charge in [-0.3, -0.25) is 13.9 Å². The van der Waals surface area contributed by atoms with Crippen molar-refractivity contribution in [2.45, 2.75) is 13.5 Å². The summed E-state index contributed by atoms with van der Waals surface area (Å²) in [5.41, 5.74) is 2.28. The van der Waals surface area contributed by atoms with Crippen LogP contribution in [0.5, 0.6) is 5.75 Å². The third kappa shape index (κ3) is 3.79. The van der Waals surface area contributed by atoms with Gasteiger partial charge >= 0.3 is 5.69 Å². The molecule has 0 atom stereocenters. The van der Waals surface area contributed by atoms with Crippen LogP contribution in [-0.2, 0) is 18.4 Å². The summed E-state index contributed by atoms with van der Waals surface area (Å²) < 4.78 is 8.04. The number of imidazole rings is 1. The van der Waals surface area contributed by atoms with Crippen molar-refractivity contribution in [2.75, 3.05) is 18.6 Å². The minimum atomic E-state index is -0.311. The van der Waals surface area contributed by atoms with Crippen molar-refractivity contribution in [1.82, 2.24) is 19.1 Å². The maximum absolute atomic E-state index is 13.0. The number of aryl methyl sites for hydroxylation is 1. The summed E-state index contributed by atoms with van der Waals surface area (Å²) in [6.07, 6.45) is 1.59. The van der Waals surface area contributed by atoms with Crippen LogP contribution in [0.25, 0.3) is 22.6 Å². The van der Waals surface area contributed by atoms with Crippen molar-refractivity contribution in [3.63, 3.8) is 0 Å². The molecule has 8 heteroatoms. The largest absolute Gasteiger partial charge is 0.497 e. The number of amides is 1. The van der Waals surface area contributed by atoms with Crippen molar-refractivity contribution in [3.8, 4) is 17.1 Å². The summed E-state index contributed by atoms with van der Waals surface area (Å²) in [6, 6.07) is 16.8. The monoisotopic (exact) mass is 417 g/mol. The van der Waals surface area contributed by atoms with Gasteiger partial charge in [0, 0.05) is 24.8 Å². The third-order valence-electron chi connectivity index (χ3n) is 5.20. The normalized spacial score (nSPS) is 10.9. The molecule has 2 aromatic carbocycles. The maximum Gasteiger partial charge on any atom is 0.330 e. The highest BCUT2D eigenvalue weighted by Crippen LogP contribution is 2.21. The summed E-state index contributed by atoms with van der Waals surface area (Å²) in [4.78, 5) is 36.5. The lowest BCUT2D eigenvalue weighted by Gasteiger charge is -2.21. The van der Waals surface area contributed by atoms with Crippen LogP contribution >= 0.6 is 0 Å². The van der Waals surface area contributed by atoms with E-state index in [4.69, 9.17) is 4.74 Å². The fourth-order valence-electron chi connectivity index (χ4n) is 3.54. The lowest BCUT2D eigenvalue weighted by Crippen LogP contribution is -2.36. The number of benzene rings is 2. The number of likely N-dealkylation sites (N-methyl/N-ethyl adjacent to an activating group) is 1. The summed E-state index contributed by atoms with van der Waals surface area (Å²) in [6.45, 7) is 2.31. The van der Waals surface area contributed by atoms with E-state index in [1.54, 1.807) is 25.3 Å². The molecule has 0 saturated carbocycles. The fraction of sp³-hybridized carbons (Fsp3) is 0.217. The maximum atomic E-state index is 13.0. The Bertz CT molecular complexity index is 1280. The lowest BCUT2D eigenvalue weighted by molar-refractivity contribution is -0.119. The number of ether oxygens (including phenoxy) is 1. The molecule has 4 rings (SSSR count). The quantitative estimate of drug-likeness (QED) is 0.482. The molecule has 0 bridgehead atoms. The number of anilines is 1. The molecule has 0 spiro atoms. The van der Waals surface area contributed by atoms with Crippen LogP contribution in [0, 0.1) is 0 Å². The summed E-state index contributed by atoms with van der Waals surface area (Å²) in [5, 5.41) is 0. The second-order valence-electron chi connectivity index (χ2n) is 7.03. The zero-order valence-corrected chi connectivity index (χ0v) is 17.6. The Balaban J connectivity index is 1.69. The smallest absolute Gasteiger partial charge is 0.330 e. The minimum absolute atomic E-state index is 0.0931. The highest BCUT2D eigenvalue weighted by atomic mass is 16.5. The molecular weight excluding hydrogens is 394 g/mol. The molecule has 0 saturated heterocycles. The molecule has 8 nitrogen and oxygen atoms in total. The van der Waals surface area contributed by atoms with Gasteiger partial charge in [-0.25, -0.2) is 14.8 Å². The topological polar surface area (TPSA) is 82.2 Å². The van der Waals surface area contributed by atoms with Gasteiger partial charge in [-0.2, -0.15) is 0 Å². The molecule has 0 unspecified atom stereocenters.